The molecule has 1 N–H and O–H groups in total. The standard InChI is InChI=1S/C25H25N3O2/c29-24-21-12-10-19(25(30)28-15-14-17-6-4-5-9-20(17)16-28)11-13-22(21)26-23(27-24)18-7-2-1-3-8-18/h1-9,19H,10-16H2,(H,26,27,29). The Morgan fingerprint density at radius 1 is 0.933 bits per heavy atom. The Hall–Kier alpha value is -3.21. The number of carbonyl (C=O) groups excluding carboxylic acids is 1. The third kappa shape index (κ3) is 3.56. The summed E-state index contributed by atoms with van der Waals surface area (Å²) < 4.78 is 0. The fourth-order valence-corrected chi connectivity index (χ4v) is 4.70. The summed E-state index contributed by atoms with van der Waals surface area (Å²) in [4.78, 5) is 35.7. The number of rotatable bonds is 2. The monoisotopic (exact) mass is 399 g/mol. The summed E-state index contributed by atoms with van der Waals surface area (Å²) in [7, 11) is 0. The summed E-state index contributed by atoms with van der Waals surface area (Å²) in [6.07, 6.45) is 3.64. The quantitative estimate of drug-likeness (QED) is 0.671. The molecule has 30 heavy (non-hydrogen) atoms. The number of aromatic amines is 1. The predicted molar refractivity (Wildman–Crippen MR) is 116 cm³/mol. The van der Waals surface area contributed by atoms with Crippen molar-refractivity contribution in [3.8, 4) is 11.4 Å². The second kappa shape index (κ2) is 7.90. The van der Waals surface area contributed by atoms with Gasteiger partial charge in [0.1, 0.15) is 5.82 Å². The number of carbonyl (C=O) groups is 1. The summed E-state index contributed by atoms with van der Waals surface area (Å²) in [5, 5.41) is 0. The average Bonchev–Trinajstić information content (AvgIpc) is 3.02. The van der Waals surface area contributed by atoms with Crippen LogP contribution in [0.15, 0.2) is 59.4 Å². The highest BCUT2D eigenvalue weighted by Crippen LogP contribution is 2.27. The molecule has 1 unspecified atom stereocenters. The zero-order valence-electron chi connectivity index (χ0n) is 16.9. The Labute approximate surface area is 175 Å². The van der Waals surface area contributed by atoms with Crippen LogP contribution in [-0.2, 0) is 30.6 Å². The highest BCUT2D eigenvalue weighted by Gasteiger charge is 2.30. The molecule has 5 heteroatoms. The van der Waals surface area contributed by atoms with Gasteiger partial charge < -0.3 is 9.88 Å². The summed E-state index contributed by atoms with van der Waals surface area (Å²) >= 11 is 0. The molecule has 5 rings (SSSR count). The van der Waals surface area contributed by atoms with Gasteiger partial charge in [0, 0.05) is 30.1 Å². The lowest BCUT2D eigenvalue weighted by Crippen LogP contribution is -2.40. The van der Waals surface area contributed by atoms with Crippen molar-refractivity contribution in [2.45, 2.75) is 38.6 Å². The molecule has 1 atom stereocenters. The first-order valence-corrected chi connectivity index (χ1v) is 10.7. The summed E-state index contributed by atoms with van der Waals surface area (Å²) in [5.74, 6) is 0.776. The number of nitrogens with zero attached hydrogens (tertiary/aromatic N) is 2. The predicted octanol–water partition coefficient (Wildman–Crippen LogP) is 3.52. The first-order chi connectivity index (χ1) is 14.7. The number of amides is 1. The van der Waals surface area contributed by atoms with Gasteiger partial charge in [-0.25, -0.2) is 4.98 Å². The Bertz CT molecular complexity index is 1140. The van der Waals surface area contributed by atoms with Crippen molar-refractivity contribution in [2.24, 2.45) is 5.92 Å². The van der Waals surface area contributed by atoms with Crippen LogP contribution in [0.2, 0.25) is 0 Å². The van der Waals surface area contributed by atoms with Crippen molar-refractivity contribution in [1.82, 2.24) is 14.9 Å². The smallest absolute Gasteiger partial charge is 0.254 e. The molecule has 0 saturated heterocycles. The molecule has 1 aliphatic heterocycles. The van der Waals surface area contributed by atoms with Gasteiger partial charge in [0.05, 0.1) is 5.69 Å². The van der Waals surface area contributed by atoms with E-state index in [9.17, 15) is 9.59 Å². The number of aromatic nitrogens is 2. The largest absolute Gasteiger partial charge is 0.338 e. The van der Waals surface area contributed by atoms with Crippen molar-refractivity contribution in [2.75, 3.05) is 6.54 Å². The maximum atomic E-state index is 13.3. The maximum Gasteiger partial charge on any atom is 0.254 e. The van der Waals surface area contributed by atoms with Gasteiger partial charge >= 0.3 is 0 Å². The van der Waals surface area contributed by atoms with E-state index in [1.807, 2.05) is 41.3 Å². The zero-order valence-corrected chi connectivity index (χ0v) is 16.9. The van der Waals surface area contributed by atoms with Crippen LogP contribution in [0, 0.1) is 5.92 Å². The second-order valence-corrected chi connectivity index (χ2v) is 8.26. The fourth-order valence-electron chi connectivity index (χ4n) is 4.70. The number of hydrogen-bond donors (Lipinski definition) is 1. The van der Waals surface area contributed by atoms with E-state index in [1.54, 1.807) is 0 Å². The molecule has 1 aliphatic carbocycles. The Balaban J connectivity index is 1.34. The van der Waals surface area contributed by atoms with E-state index in [4.69, 9.17) is 4.98 Å². The van der Waals surface area contributed by atoms with Crippen LogP contribution in [0.3, 0.4) is 0 Å². The third-order valence-electron chi connectivity index (χ3n) is 6.41. The Kier molecular flexibility index (Phi) is 4.95. The van der Waals surface area contributed by atoms with Crippen molar-refractivity contribution in [3.63, 3.8) is 0 Å². The van der Waals surface area contributed by atoms with Crippen LogP contribution in [0.5, 0.6) is 0 Å². The molecule has 1 amide bonds. The number of H-pyrrole nitrogens is 1. The molecule has 0 fully saturated rings. The van der Waals surface area contributed by atoms with Gasteiger partial charge in [-0.3, -0.25) is 9.59 Å². The lowest BCUT2D eigenvalue weighted by Gasteiger charge is -2.31. The van der Waals surface area contributed by atoms with Gasteiger partial charge in [-0.05, 0) is 43.2 Å². The molecule has 0 bridgehead atoms. The van der Waals surface area contributed by atoms with Gasteiger partial charge in [-0.2, -0.15) is 0 Å². The van der Waals surface area contributed by atoms with E-state index < -0.39 is 0 Å². The topological polar surface area (TPSA) is 66.1 Å². The summed E-state index contributed by atoms with van der Waals surface area (Å²) in [6.45, 7) is 1.46. The van der Waals surface area contributed by atoms with Gasteiger partial charge in [-0.1, -0.05) is 54.6 Å². The second-order valence-electron chi connectivity index (χ2n) is 8.26. The Morgan fingerprint density at radius 2 is 1.67 bits per heavy atom. The van der Waals surface area contributed by atoms with E-state index in [0.717, 1.165) is 36.2 Å². The molecule has 5 nitrogen and oxygen atoms in total. The fraction of sp³-hybridized carbons (Fsp3) is 0.320. The number of nitrogens with one attached hydrogen (secondary N) is 1. The minimum absolute atomic E-state index is 0.0518. The maximum absolute atomic E-state index is 13.3. The molecular formula is C25H25N3O2. The van der Waals surface area contributed by atoms with Crippen molar-refractivity contribution in [1.29, 1.82) is 0 Å². The average molecular weight is 399 g/mol. The first-order valence-electron chi connectivity index (χ1n) is 10.7. The lowest BCUT2D eigenvalue weighted by molar-refractivity contribution is -0.136. The van der Waals surface area contributed by atoms with Crippen LogP contribution in [0.25, 0.3) is 11.4 Å². The molecular weight excluding hydrogens is 374 g/mol. The van der Waals surface area contributed by atoms with E-state index in [-0.39, 0.29) is 17.4 Å². The third-order valence-corrected chi connectivity index (χ3v) is 6.41. The van der Waals surface area contributed by atoms with E-state index in [1.165, 1.54) is 11.1 Å². The highest BCUT2D eigenvalue weighted by atomic mass is 16.2. The normalized spacial score (nSPS) is 18.3. The van der Waals surface area contributed by atoms with E-state index in [0.29, 0.717) is 31.6 Å². The Morgan fingerprint density at radius 3 is 2.50 bits per heavy atom. The molecule has 0 radical (unpaired) electrons. The molecule has 0 saturated carbocycles. The number of hydrogen-bond acceptors (Lipinski definition) is 3. The first kappa shape index (κ1) is 18.8. The van der Waals surface area contributed by atoms with Crippen LogP contribution < -0.4 is 5.56 Å². The molecule has 0 spiro atoms. The molecule has 2 aromatic carbocycles. The SMILES string of the molecule is O=C(C1CCc2nc(-c3ccccc3)[nH]c(=O)c2CC1)N1CCc2ccccc2C1. The summed E-state index contributed by atoms with van der Waals surface area (Å²) in [6, 6.07) is 18.1. The van der Waals surface area contributed by atoms with Crippen molar-refractivity contribution >= 4 is 5.91 Å². The number of aryl methyl sites for hydroxylation is 1. The van der Waals surface area contributed by atoms with Gasteiger partial charge in [0.2, 0.25) is 5.91 Å². The van der Waals surface area contributed by atoms with E-state index in [2.05, 4.69) is 23.2 Å². The molecule has 1 aromatic heterocycles. The van der Waals surface area contributed by atoms with Crippen LogP contribution in [0.4, 0.5) is 0 Å². The molecule has 3 aromatic rings. The van der Waals surface area contributed by atoms with Crippen molar-refractivity contribution < 1.29 is 4.79 Å². The minimum Gasteiger partial charge on any atom is -0.338 e. The molecule has 152 valence electrons. The summed E-state index contributed by atoms with van der Waals surface area (Å²) in [5.41, 5.74) is 5.02. The van der Waals surface area contributed by atoms with Gasteiger partial charge in [0.15, 0.2) is 0 Å². The highest BCUT2D eigenvalue weighted by molar-refractivity contribution is 5.79. The van der Waals surface area contributed by atoms with Crippen LogP contribution in [-0.4, -0.2) is 27.3 Å². The lowest BCUT2D eigenvalue weighted by atomic mass is 9.95. The van der Waals surface area contributed by atoms with Crippen LogP contribution >= 0.6 is 0 Å². The van der Waals surface area contributed by atoms with Gasteiger partial charge in [-0.15, -0.1) is 0 Å². The van der Waals surface area contributed by atoms with Gasteiger partial charge in [0.25, 0.3) is 5.56 Å². The minimum atomic E-state index is -0.0705. The van der Waals surface area contributed by atoms with E-state index >= 15 is 0 Å². The molecule has 2 aliphatic rings. The zero-order chi connectivity index (χ0) is 20.5. The van der Waals surface area contributed by atoms with Crippen LogP contribution in [0.1, 0.15) is 35.2 Å². The number of benzene rings is 2. The molecule has 2 heterocycles. The van der Waals surface area contributed by atoms with Crippen molar-refractivity contribution in [3.05, 3.63) is 87.3 Å². The number of fused-ring (bicyclic) bond motifs is 2.